The normalized spacial score (nSPS) is 19.5. The fraction of sp³-hybridized carbons (Fsp3) is 0.750. The lowest BCUT2D eigenvalue weighted by Crippen LogP contribution is -2.47. The minimum Gasteiger partial charge on any atom is -0.352 e. The number of rotatable bonds is 5. The fourth-order valence-corrected chi connectivity index (χ4v) is 2.33. The van der Waals surface area contributed by atoms with Crippen LogP contribution in [0.25, 0.3) is 0 Å². The molecule has 0 radical (unpaired) electrons. The summed E-state index contributed by atoms with van der Waals surface area (Å²) in [4.78, 5) is 12.1. The summed E-state index contributed by atoms with van der Waals surface area (Å²) < 4.78 is 0. The van der Waals surface area contributed by atoms with Gasteiger partial charge in [-0.25, -0.2) is 0 Å². The van der Waals surface area contributed by atoms with Crippen LogP contribution in [0, 0.1) is 5.41 Å². The van der Waals surface area contributed by atoms with Crippen molar-refractivity contribution < 1.29 is 4.79 Å². The molecule has 15 heavy (non-hydrogen) atoms. The van der Waals surface area contributed by atoms with Gasteiger partial charge >= 0.3 is 0 Å². The largest absolute Gasteiger partial charge is 0.352 e. The molecule has 0 spiro atoms. The van der Waals surface area contributed by atoms with Crippen molar-refractivity contribution in [1.29, 1.82) is 0 Å². The van der Waals surface area contributed by atoms with Gasteiger partial charge in [0.2, 0.25) is 5.91 Å². The molecule has 0 bridgehead atoms. The predicted molar refractivity (Wildman–Crippen MR) is 62.7 cm³/mol. The first kappa shape index (κ1) is 12.2. The molecule has 1 aliphatic heterocycles. The van der Waals surface area contributed by atoms with E-state index in [-0.39, 0.29) is 11.3 Å². The Morgan fingerprint density at radius 2 is 2.20 bits per heavy atom. The number of carbonyl (C=O) groups excluding carboxylic acids is 1. The smallest absolute Gasteiger partial charge is 0.226 e. The number of carbonyl (C=O) groups is 1. The van der Waals surface area contributed by atoms with Crippen molar-refractivity contribution in [1.82, 2.24) is 10.6 Å². The average Bonchev–Trinajstić information content (AvgIpc) is 2.27. The number of hydrogen-bond acceptors (Lipinski definition) is 2. The first-order valence-electron chi connectivity index (χ1n) is 5.85. The van der Waals surface area contributed by atoms with Crippen molar-refractivity contribution in [3.05, 3.63) is 12.7 Å². The summed E-state index contributed by atoms with van der Waals surface area (Å²) in [5.41, 5.74) is -0.122. The van der Waals surface area contributed by atoms with E-state index in [1.54, 1.807) is 6.08 Å². The van der Waals surface area contributed by atoms with Crippen molar-refractivity contribution in [2.24, 2.45) is 5.41 Å². The molecule has 1 fully saturated rings. The Morgan fingerprint density at radius 1 is 1.53 bits per heavy atom. The Morgan fingerprint density at radius 3 is 2.73 bits per heavy atom. The summed E-state index contributed by atoms with van der Waals surface area (Å²) in [5, 5.41) is 6.25. The second-order valence-electron chi connectivity index (χ2n) is 4.28. The molecule has 1 rings (SSSR count). The number of hydrogen-bond donors (Lipinski definition) is 2. The van der Waals surface area contributed by atoms with Crippen molar-refractivity contribution in [3.63, 3.8) is 0 Å². The highest BCUT2D eigenvalue weighted by Gasteiger charge is 2.37. The lowest BCUT2D eigenvalue weighted by Gasteiger charge is -2.36. The van der Waals surface area contributed by atoms with E-state index in [0.717, 1.165) is 38.8 Å². The van der Waals surface area contributed by atoms with E-state index >= 15 is 0 Å². The zero-order valence-corrected chi connectivity index (χ0v) is 9.64. The molecule has 0 aromatic carbocycles. The maximum atomic E-state index is 12.1. The van der Waals surface area contributed by atoms with Crippen LogP contribution in [-0.2, 0) is 4.79 Å². The first-order valence-corrected chi connectivity index (χ1v) is 5.85. The highest BCUT2D eigenvalue weighted by Crippen LogP contribution is 2.34. The van der Waals surface area contributed by atoms with Gasteiger partial charge in [0.25, 0.3) is 0 Å². The molecule has 2 N–H and O–H groups in total. The fourth-order valence-electron chi connectivity index (χ4n) is 2.33. The second-order valence-corrected chi connectivity index (χ2v) is 4.28. The lowest BCUT2D eigenvalue weighted by atomic mass is 9.74. The maximum absolute atomic E-state index is 12.1. The van der Waals surface area contributed by atoms with Gasteiger partial charge in [0.05, 0.1) is 5.41 Å². The molecule has 3 nitrogen and oxygen atoms in total. The molecule has 1 heterocycles. The van der Waals surface area contributed by atoms with Crippen LogP contribution in [0.4, 0.5) is 0 Å². The SMILES string of the molecule is C=CCNC(=O)C1(CCC)CCNCC1. The van der Waals surface area contributed by atoms with Crippen molar-refractivity contribution in [2.45, 2.75) is 32.6 Å². The van der Waals surface area contributed by atoms with Crippen LogP contribution < -0.4 is 10.6 Å². The van der Waals surface area contributed by atoms with E-state index < -0.39 is 0 Å². The molecular weight excluding hydrogens is 188 g/mol. The Labute approximate surface area is 92.3 Å². The summed E-state index contributed by atoms with van der Waals surface area (Å²) >= 11 is 0. The predicted octanol–water partition coefficient (Wildman–Crippen LogP) is 1.46. The third-order valence-corrected chi connectivity index (χ3v) is 3.18. The monoisotopic (exact) mass is 210 g/mol. The number of nitrogens with one attached hydrogen (secondary N) is 2. The standard InChI is InChI=1S/C12H22N2O/c1-3-5-12(6-9-13-10-7-12)11(15)14-8-4-2/h4,13H,2-3,5-10H2,1H3,(H,14,15). The van der Waals surface area contributed by atoms with Gasteiger partial charge in [-0.15, -0.1) is 6.58 Å². The Kier molecular flexibility index (Phi) is 4.82. The van der Waals surface area contributed by atoms with Gasteiger partial charge in [0, 0.05) is 6.54 Å². The summed E-state index contributed by atoms with van der Waals surface area (Å²) in [5.74, 6) is 0.214. The van der Waals surface area contributed by atoms with Gasteiger partial charge in [-0.1, -0.05) is 19.4 Å². The molecule has 0 saturated carbocycles. The third-order valence-electron chi connectivity index (χ3n) is 3.18. The Bertz CT molecular complexity index is 214. The van der Waals surface area contributed by atoms with Crippen LogP contribution in [-0.4, -0.2) is 25.5 Å². The quantitative estimate of drug-likeness (QED) is 0.674. The molecule has 1 aliphatic rings. The summed E-state index contributed by atoms with van der Waals surface area (Å²) in [7, 11) is 0. The van der Waals surface area contributed by atoms with Crippen LogP contribution >= 0.6 is 0 Å². The molecule has 0 aliphatic carbocycles. The molecule has 1 saturated heterocycles. The van der Waals surface area contributed by atoms with E-state index in [4.69, 9.17) is 0 Å². The van der Waals surface area contributed by atoms with Crippen LogP contribution in [0.5, 0.6) is 0 Å². The lowest BCUT2D eigenvalue weighted by molar-refractivity contribution is -0.132. The first-order chi connectivity index (χ1) is 7.25. The molecule has 0 unspecified atom stereocenters. The van der Waals surface area contributed by atoms with Crippen molar-refractivity contribution in [3.8, 4) is 0 Å². The molecule has 1 amide bonds. The van der Waals surface area contributed by atoms with E-state index in [9.17, 15) is 4.79 Å². The number of amides is 1. The van der Waals surface area contributed by atoms with Crippen molar-refractivity contribution in [2.75, 3.05) is 19.6 Å². The Hall–Kier alpha value is -0.830. The molecule has 0 aromatic heterocycles. The zero-order chi connectivity index (χ0) is 11.1. The topological polar surface area (TPSA) is 41.1 Å². The van der Waals surface area contributed by atoms with E-state index in [2.05, 4.69) is 24.1 Å². The summed E-state index contributed by atoms with van der Waals surface area (Å²) in [6.45, 7) is 8.26. The third kappa shape index (κ3) is 3.06. The van der Waals surface area contributed by atoms with Gasteiger partial charge in [0.1, 0.15) is 0 Å². The highest BCUT2D eigenvalue weighted by molar-refractivity contribution is 5.82. The number of piperidine rings is 1. The summed E-state index contributed by atoms with van der Waals surface area (Å²) in [6, 6.07) is 0. The molecule has 0 atom stereocenters. The van der Waals surface area contributed by atoms with Crippen LogP contribution in [0.15, 0.2) is 12.7 Å². The zero-order valence-electron chi connectivity index (χ0n) is 9.64. The molecular formula is C12H22N2O. The highest BCUT2D eigenvalue weighted by atomic mass is 16.2. The average molecular weight is 210 g/mol. The molecule has 0 aromatic rings. The molecule has 86 valence electrons. The van der Waals surface area contributed by atoms with Gasteiger partial charge < -0.3 is 10.6 Å². The van der Waals surface area contributed by atoms with E-state index in [1.165, 1.54) is 0 Å². The van der Waals surface area contributed by atoms with Crippen LogP contribution in [0.1, 0.15) is 32.6 Å². The van der Waals surface area contributed by atoms with E-state index in [0.29, 0.717) is 6.54 Å². The van der Waals surface area contributed by atoms with Gasteiger partial charge in [-0.3, -0.25) is 4.79 Å². The Balaban J connectivity index is 2.61. The van der Waals surface area contributed by atoms with Gasteiger partial charge in [-0.05, 0) is 32.4 Å². The van der Waals surface area contributed by atoms with Crippen molar-refractivity contribution >= 4 is 5.91 Å². The maximum Gasteiger partial charge on any atom is 0.226 e. The second kappa shape index (κ2) is 5.91. The minimum atomic E-state index is -0.122. The van der Waals surface area contributed by atoms with Gasteiger partial charge in [0.15, 0.2) is 0 Å². The van der Waals surface area contributed by atoms with Crippen LogP contribution in [0.3, 0.4) is 0 Å². The van der Waals surface area contributed by atoms with Crippen LogP contribution in [0.2, 0.25) is 0 Å². The minimum absolute atomic E-state index is 0.122. The van der Waals surface area contributed by atoms with Gasteiger partial charge in [-0.2, -0.15) is 0 Å². The molecule has 3 heteroatoms. The van der Waals surface area contributed by atoms with E-state index in [1.807, 2.05) is 0 Å². The summed E-state index contributed by atoms with van der Waals surface area (Å²) in [6.07, 6.45) is 5.73.